The van der Waals surface area contributed by atoms with Gasteiger partial charge in [0.15, 0.2) is 0 Å². The molecule has 0 heterocycles. The van der Waals surface area contributed by atoms with Crippen LogP contribution in [0.2, 0.25) is 0 Å². The average molecular weight is 299 g/mol. The number of rotatable bonds is 3. The van der Waals surface area contributed by atoms with Crippen molar-refractivity contribution < 1.29 is 14.7 Å². The van der Waals surface area contributed by atoms with E-state index in [0.717, 1.165) is 0 Å². The molecule has 1 aliphatic rings. The molecule has 0 aliphatic heterocycles. The number of hydrogen-bond acceptors (Lipinski definition) is 3. The number of carboxylic acid groups (broad SMARTS) is 1. The second-order valence-electron chi connectivity index (χ2n) is 4.11. The Balaban J connectivity index is 2.27. The summed E-state index contributed by atoms with van der Waals surface area (Å²) >= 11 is 3.23. The highest BCUT2D eigenvalue weighted by Crippen LogP contribution is 2.34. The van der Waals surface area contributed by atoms with E-state index in [4.69, 9.17) is 10.8 Å². The number of aromatic carboxylic acids is 1. The Kier molecular flexibility index (Phi) is 2.92. The quantitative estimate of drug-likeness (QED) is 0.790. The van der Waals surface area contributed by atoms with Gasteiger partial charge in [0.1, 0.15) is 0 Å². The molecule has 0 saturated heterocycles. The molecule has 0 aromatic heterocycles. The van der Waals surface area contributed by atoms with E-state index < -0.39 is 11.5 Å². The summed E-state index contributed by atoms with van der Waals surface area (Å²) < 4.78 is 0.694. The van der Waals surface area contributed by atoms with Crippen molar-refractivity contribution in [3.05, 3.63) is 28.2 Å². The molecule has 1 aromatic carbocycles. The minimum absolute atomic E-state index is 0.0470. The van der Waals surface area contributed by atoms with E-state index in [9.17, 15) is 9.59 Å². The monoisotopic (exact) mass is 298 g/mol. The highest BCUT2D eigenvalue weighted by molar-refractivity contribution is 9.10. The molecule has 0 spiro atoms. The van der Waals surface area contributed by atoms with E-state index in [1.54, 1.807) is 12.1 Å². The van der Waals surface area contributed by atoms with Gasteiger partial charge in [-0.05, 0) is 31.0 Å². The SMILES string of the molecule is NC1(C(=O)Nc2cc(Br)ccc2C(=O)O)CC1. The lowest BCUT2D eigenvalue weighted by Gasteiger charge is -2.12. The second-order valence-corrected chi connectivity index (χ2v) is 5.02. The van der Waals surface area contributed by atoms with E-state index >= 15 is 0 Å². The summed E-state index contributed by atoms with van der Waals surface area (Å²) in [5, 5.41) is 11.6. The van der Waals surface area contributed by atoms with E-state index in [1.165, 1.54) is 6.07 Å². The summed E-state index contributed by atoms with van der Waals surface area (Å²) in [4.78, 5) is 22.7. The highest BCUT2D eigenvalue weighted by atomic mass is 79.9. The summed E-state index contributed by atoms with van der Waals surface area (Å²) in [6.07, 6.45) is 1.27. The van der Waals surface area contributed by atoms with Crippen molar-refractivity contribution in [1.29, 1.82) is 0 Å². The van der Waals surface area contributed by atoms with E-state index in [-0.39, 0.29) is 17.2 Å². The number of carbonyl (C=O) groups excluding carboxylic acids is 1. The Morgan fingerprint density at radius 3 is 2.59 bits per heavy atom. The smallest absolute Gasteiger partial charge is 0.337 e. The lowest BCUT2D eigenvalue weighted by atomic mass is 10.1. The zero-order chi connectivity index (χ0) is 12.6. The fourth-order valence-corrected chi connectivity index (χ4v) is 1.78. The maximum Gasteiger partial charge on any atom is 0.337 e. The zero-order valence-electron chi connectivity index (χ0n) is 8.87. The summed E-state index contributed by atoms with van der Waals surface area (Å²) in [5.74, 6) is -1.42. The average Bonchev–Trinajstić information content (AvgIpc) is 2.97. The standard InChI is InChI=1S/C11H11BrN2O3/c12-6-1-2-7(9(15)16)8(5-6)14-10(17)11(13)3-4-11/h1-2,5H,3-4,13H2,(H,14,17)(H,15,16). The molecule has 4 N–H and O–H groups in total. The molecule has 1 aliphatic carbocycles. The van der Waals surface area contributed by atoms with Crippen LogP contribution in [-0.2, 0) is 4.79 Å². The van der Waals surface area contributed by atoms with Gasteiger partial charge in [-0.3, -0.25) is 4.79 Å². The Bertz CT molecular complexity index is 497. The Morgan fingerprint density at radius 2 is 2.06 bits per heavy atom. The lowest BCUT2D eigenvalue weighted by molar-refractivity contribution is -0.118. The van der Waals surface area contributed by atoms with Gasteiger partial charge in [-0.25, -0.2) is 4.79 Å². The van der Waals surface area contributed by atoms with Gasteiger partial charge in [0.25, 0.3) is 0 Å². The number of benzene rings is 1. The predicted molar refractivity (Wildman–Crippen MR) is 65.9 cm³/mol. The molecule has 1 fully saturated rings. The van der Waals surface area contributed by atoms with Crippen LogP contribution in [0.1, 0.15) is 23.2 Å². The van der Waals surface area contributed by atoms with Gasteiger partial charge in [0.2, 0.25) is 5.91 Å². The van der Waals surface area contributed by atoms with Crippen molar-refractivity contribution in [3.8, 4) is 0 Å². The fraction of sp³-hybridized carbons (Fsp3) is 0.273. The van der Waals surface area contributed by atoms with Crippen LogP contribution in [0.15, 0.2) is 22.7 Å². The Morgan fingerprint density at radius 1 is 1.41 bits per heavy atom. The van der Waals surface area contributed by atoms with Crippen molar-refractivity contribution in [2.24, 2.45) is 5.73 Å². The fourth-order valence-electron chi connectivity index (χ4n) is 1.41. The molecule has 6 heteroatoms. The van der Waals surface area contributed by atoms with Crippen LogP contribution in [-0.4, -0.2) is 22.5 Å². The van der Waals surface area contributed by atoms with Crippen LogP contribution >= 0.6 is 15.9 Å². The number of carbonyl (C=O) groups is 2. The third-order valence-corrected chi connectivity index (χ3v) is 3.19. The molecule has 2 rings (SSSR count). The summed E-state index contributed by atoms with van der Waals surface area (Å²) in [7, 11) is 0. The van der Waals surface area contributed by atoms with Gasteiger partial charge in [-0.1, -0.05) is 15.9 Å². The van der Waals surface area contributed by atoms with Crippen molar-refractivity contribution >= 4 is 33.5 Å². The third-order valence-electron chi connectivity index (χ3n) is 2.70. The molecule has 17 heavy (non-hydrogen) atoms. The summed E-state index contributed by atoms with van der Waals surface area (Å²) in [6, 6.07) is 4.58. The van der Waals surface area contributed by atoms with E-state index in [1.807, 2.05) is 0 Å². The molecular formula is C11H11BrN2O3. The largest absolute Gasteiger partial charge is 0.478 e. The molecule has 0 bridgehead atoms. The van der Waals surface area contributed by atoms with E-state index in [0.29, 0.717) is 17.3 Å². The first-order valence-electron chi connectivity index (χ1n) is 5.05. The summed E-state index contributed by atoms with van der Waals surface area (Å²) in [6.45, 7) is 0. The minimum Gasteiger partial charge on any atom is -0.478 e. The van der Waals surface area contributed by atoms with Crippen LogP contribution in [0.3, 0.4) is 0 Å². The van der Waals surface area contributed by atoms with Crippen LogP contribution in [0.4, 0.5) is 5.69 Å². The second kappa shape index (κ2) is 4.12. The lowest BCUT2D eigenvalue weighted by Crippen LogP contribution is -2.38. The topological polar surface area (TPSA) is 92.4 Å². The van der Waals surface area contributed by atoms with Crippen LogP contribution < -0.4 is 11.1 Å². The first kappa shape index (κ1) is 12.1. The molecule has 1 aromatic rings. The molecule has 90 valence electrons. The maximum atomic E-state index is 11.7. The molecule has 0 unspecified atom stereocenters. The molecule has 0 radical (unpaired) electrons. The zero-order valence-corrected chi connectivity index (χ0v) is 10.5. The molecular weight excluding hydrogens is 288 g/mol. The number of amides is 1. The van der Waals surface area contributed by atoms with Crippen molar-refractivity contribution in [3.63, 3.8) is 0 Å². The predicted octanol–water partition coefficient (Wildman–Crippen LogP) is 1.58. The Hall–Kier alpha value is -1.40. The van der Waals surface area contributed by atoms with Gasteiger partial charge in [-0.15, -0.1) is 0 Å². The van der Waals surface area contributed by atoms with Gasteiger partial charge in [0.05, 0.1) is 16.8 Å². The van der Waals surface area contributed by atoms with Crippen LogP contribution in [0.25, 0.3) is 0 Å². The van der Waals surface area contributed by atoms with Crippen LogP contribution in [0.5, 0.6) is 0 Å². The summed E-state index contributed by atoms with van der Waals surface area (Å²) in [5.41, 5.74) is 5.21. The van der Waals surface area contributed by atoms with E-state index in [2.05, 4.69) is 21.2 Å². The highest BCUT2D eigenvalue weighted by Gasteiger charge is 2.46. The minimum atomic E-state index is -1.09. The number of carboxylic acids is 1. The van der Waals surface area contributed by atoms with Gasteiger partial charge >= 0.3 is 5.97 Å². The van der Waals surface area contributed by atoms with Crippen LogP contribution in [0, 0.1) is 0 Å². The van der Waals surface area contributed by atoms with Crippen molar-refractivity contribution in [2.45, 2.75) is 18.4 Å². The molecule has 5 nitrogen and oxygen atoms in total. The normalized spacial score (nSPS) is 16.4. The molecule has 0 atom stereocenters. The van der Waals surface area contributed by atoms with Gasteiger partial charge in [0, 0.05) is 4.47 Å². The number of halogens is 1. The maximum absolute atomic E-state index is 11.7. The van der Waals surface area contributed by atoms with Crippen molar-refractivity contribution in [1.82, 2.24) is 0 Å². The number of anilines is 1. The van der Waals surface area contributed by atoms with Gasteiger partial charge < -0.3 is 16.2 Å². The van der Waals surface area contributed by atoms with Gasteiger partial charge in [-0.2, -0.15) is 0 Å². The van der Waals surface area contributed by atoms with Crippen molar-refractivity contribution in [2.75, 3.05) is 5.32 Å². The number of nitrogens with one attached hydrogen (secondary N) is 1. The third kappa shape index (κ3) is 2.48. The Labute approximate surface area is 106 Å². The first-order valence-corrected chi connectivity index (χ1v) is 5.85. The number of nitrogens with two attached hydrogens (primary N) is 1. The number of hydrogen-bond donors (Lipinski definition) is 3. The molecule has 1 amide bonds. The molecule has 1 saturated carbocycles. The first-order chi connectivity index (χ1) is 7.92.